The van der Waals surface area contributed by atoms with Crippen LogP contribution in [0.1, 0.15) is 31.9 Å². The normalized spacial score (nSPS) is 13.8. The summed E-state index contributed by atoms with van der Waals surface area (Å²) in [5.41, 5.74) is 4.87. The predicted molar refractivity (Wildman–Crippen MR) is 98.8 cm³/mol. The monoisotopic (exact) mass is 326 g/mol. The first kappa shape index (κ1) is 16.1. The second-order valence-corrected chi connectivity index (χ2v) is 12.7. The van der Waals surface area contributed by atoms with Crippen molar-refractivity contribution in [1.82, 2.24) is 0 Å². The first-order valence-corrected chi connectivity index (χ1v) is 11.1. The van der Waals surface area contributed by atoms with Crippen LogP contribution in [0.25, 0.3) is 11.1 Å². The van der Waals surface area contributed by atoms with Gasteiger partial charge in [-0.2, -0.15) is 0 Å². The molecule has 1 aliphatic heterocycles. The average molecular weight is 327 g/mol. The molecule has 0 fully saturated rings. The lowest BCUT2D eigenvalue weighted by molar-refractivity contribution is 0.301. The van der Waals surface area contributed by atoms with Gasteiger partial charge in [0.15, 0.2) is 0 Å². The first-order valence-electron chi connectivity index (χ1n) is 8.23. The van der Waals surface area contributed by atoms with Gasteiger partial charge >= 0.3 is 0 Å². The summed E-state index contributed by atoms with van der Waals surface area (Å²) in [7, 11) is -1.81. The number of ether oxygens (including phenoxy) is 1. The lowest BCUT2D eigenvalue weighted by Gasteiger charge is -2.36. The fourth-order valence-corrected chi connectivity index (χ4v) is 3.61. The SMILES string of the molecule is Cc1ccc2c(c1)OCc1cc(O[Si](C)(C)C(C)(C)C)ccc1-2. The molecule has 2 nitrogen and oxygen atoms in total. The van der Waals surface area contributed by atoms with Crippen molar-refractivity contribution < 1.29 is 9.16 Å². The first-order chi connectivity index (χ1) is 10.7. The van der Waals surface area contributed by atoms with Gasteiger partial charge in [-0.1, -0.05) is 39.0 Å². The summed E-state index contributed by atoms with van der Waals surface area (Å²) in [6, 6.07) is 12.8. The Kier molecular flexibility index (Phi) is 3.79. The summed E-state index contributed by atoms with van der Waals surface area (Å²) >= 11 is 0. The van der Waals surface area contributed by atoms with Gasteiger partial charge in [0.05, 0.1) is 0 Å². The molecule has 122 valence electrons. The quantitative estimate of drug-likeness (QED) is 0.636. The van der Waals surface area contributed by atoms with Gasteiger partial charge < -0.3 is 9.16 Å². The van der Waals surface area contributed by atoms with Gasteiger partial charge in [-0.3, -0.25) is 0 Å². The van der Waals surface area contributed by atoms with Gasteiger partial charge in [0, 0.05) is 11.1 Å². The van der Waals surface area contributed by atoms with E-state index in [0.29, 0.717) is 6.61 Å². The summed E-state index contributed by atoms with van der Waals surface area (Å²) in [5.74, 6) is 1.95. The van der Waals surface area contributed by atoms with E-state index in [1.807, 2.05) is 0 Å². The molecule has 0 aliphatic carbocycles. The molecular weight excluding hydrogens is 300 g/mol. The number of aryl methyl sites for hydroxylation is 1. The molecule has 3 rings (SSSR count). The molecule has 0 bridgehead atoms. The second-order valence-electron chi connectivity index (χ2n) is 7.97. The van der Waals surface area contributed by atoms with Gasteiger partial charge in [0.2, 0.25) is 8.32 Å². The topological polar surface area (TPSA) is 18.5 Å². The highest BCUT2D eigenvalue weighted by Crippen LogP contribution is 2.41. The Bertz CT molecular complexity index is 742. The Morgan fingerprint density at radius 2 is 1.70 bits per heavy atom. The van der Waals surface area contributed by atoms with E-state index in [0.717, 1.165) is 11.5 Å². The lowest BCUT2D eigenvalue weighted by atomic mass is 9.96. The van der Waals surface area contributed by atoms with E-state index in [1.54, 1.807) is 0 Å². The molecule has 2 aromatic carbocycles. The molecule has 0 unspecified atom stereocenters. The smallest absolute Gasteiger partial charge is 0.250 e. The van der Waals surface area contributed by atoms with Crippen molar-refractivity contribution in [2.75, 3.05) is 0 Å². The third-order valence-electron chi connectivity index (χ3n) is 5.07. The van der Waals surface area contributed by atoms with Crippen molar-refractivity contribution in [2.24, 2.45) is 0 Å². The van der Waals surface area contributed by atoms with Crippen LogP contribution in [-0.4, -0.2) is 8.32 Å². The number of benzene rings is 2. The van der Waals surface area contributed by atoms with Gasteiger partial charge in [-0.25, -0.2) is 0 Å². The van der Waals surface area contributed by atoms with Crippen molar-refractivity contribution in [3.8, 4) is 22.6 Å². The molecule has 0 spiro atoms. The molecule has 1 heterocycles. The van der Waals surface area contributed by atoms with Crippen LogP contribution in [0.15, 0.2) is 36.4 Å². The van der Waals surface area contributed by atoms with E-state index < -0.39 is 8.32 Å². The fraction of sp³-hybridized carbons (Fsp3) is 0.400. The second kappa shape index (κ2) is 5.41. The number of hydrogen-bond donors (Lipinski definition) is 0. The molecule has 3 heteroatoms. The highest BCUT2D eigenvalue weighted by atomic mass is 28.4. The van der Waals surface area contributed by atoms with E-state index in [-0.39, 0.29) is 5.04 Å². The molecule has 0 N–H and O–H groups in total. The zero-order valence-corrected chi connectivity index (χ0v) is 16.0. The van der Waals surface area contributed by atoms with Crippen molar-refractivity contribution >= 4 is 8.32 Å². The Hall–Kier alpha value is -1.74. The summed E-state index contributed by atoms with van der Waals surface area (Å²) in [5, 5.41) is 0.198. The fourth-order valence-electron chi connectivity index (χ4n) is 2.59. The maximum atomic E-state index is 6.42. The minimum atomic E-state index is -1.81. The predicted octanol–water partition coefficient (Wildman–Crippen LogP) is 5.94. The van der Waals surface area contributed by atoms with Crippen molar-refractivity contribution in [2.45, 2.75) is 52.4 Å². The van der Waals surface area contributed by atoms with E-state index in [2.05, 4.69) is 77.2 Å². The van der Waals surface area contributed by atoms with E-state index in [4.69, 9.17) is 9.16 Å². The molecule has 0 atom stereocenters. The van der Waals surface area contributed by atoms with Crippen LogP contribution in [0, 0.1) is 6.92 Å². The minimum Gasteiger partial charge on any atom is -0.543 e. The average Bonchev–Trinajstić information content (AvgIpc) is 2.45. The number of rotatable bonds is 2. The van der Waals surface area contributed by atoms with Gasteiger partial charge in [-0.15, -0.1) is 0 Å². The van der Waals surface area contributed by atoms with Crippen molar-refractivity contribution in [3.63, 3.8) is 0 Å². The largest absolute Gasteiger partial charge is 0.543 e. The molecule has 0 saturated carbocycles. The molecule has 0 aromatic heterocycles. The highest BCUT2D eigenvalue weighted by molar-refractivity contribution is 6.74. The van der Waals surface area contributed by atoms with Crippen LogP contribution < -0.4 is 9.16 Å². The molecule has 0 amide bonds. The van der Waals surface area contributed by atoms with Crippen molar-refractivity contribution in [3.05, 3.63) is 47.5 Å². The highest BCUT2D eigenvalue weighted by Gasteiger charge is 2.39. The van der Waals surface area contributed by atoms with Crippen molar-refractivity contribution in [1.29, 1.82) is 0 Å². The molecule has 23 heavy (non-hydrogen) atoms. The molecule has 1 aliphatic rings. The van der Waals surface area contributed by atoms with Crippen LogP contribution >= 0.6 is 0 Å². The van der Waals surface area contributed by atoms with Gasteiger partial charge in [0.1, 0.15) is 18.1 Å². The van der Waals surface area contributed by atoms with Crippen LogP contribution in [-0.2, 0) is 6.61 Å². The number of hydrogen-bond acceptors (Lipinski definition) is 2. The molecule has 0 saturated heterocycles. The Morgan fingerprint density at radius 1 is 1.00 bits per heavy atom. The summed E-state index contributed by atoms with van der Waals surface area (Å²) in [6.45, 7) is 14.1. The summed E-state index contributed by atoms with van der Waals surface area (Å²) in [6.07, 6.45) is 0. The molecular formula is C20H26O2Si. The zero-order chi connectivity index (χ0) is 16.8. The summed E-state index contributed by atoms with van der Waals surface area (Å²) in [4.78, 5) is 0. The van der Waals surface area contributed by atoms with E-state index in [9.17, 15) is 0 Å². The van der Waals surface area contributed by atoms with Crippen LogP contribution in [0.2, 0.25) is 18.1 Å². The standard InChI is InChI=1S/C20H26O2Si/c1-14-7-9-18-17-10-8-16(22-23(5,6)20(2,3)4)12-15(17)13-21-19(18)11-14/h7-12H,13H2,1-6H3. The van der Waals surface area contributed by atoms with Crippen LogP contribution in [0.3, 0.4) is 0 Å². The summed E-state index contributed by atoms with van der Waals surface area (Å²) < 4.78 is 12.4. The lowest BCUT2D eigenvalue weighted by Crippen LogP contribution is -2.43. The molecule has 0 radical (unpaired) electrons. The Labute approximate surface area is 140 Å². The molecule has 2 aromatic rings. The van der Waals surface area contributed by atoms with Crippen LogP contribution in [0.5, 0.6) is 11.5 Å². The third kappa shape index (κ3) is 3.02. The Morgan fingerprint density at radius 3 is 2.39 bits per heavy atom. The number of fused-ring (bicyclic) bond motifs is 3. The maximum absolute atomic E-state index is 6.42. The third-order valence-corrected chi connectivity index (χ3v) is 9.42. The van der Waals surface area contributed by atoms with E-state index in [1.165, 1.54) is 22.3 Å². The van der Waals surface area contributed by atoms with Gasteiger partial charge in [0.25, 0.3) is 0 Å². The van der Waals surface area contributed by atoms with E-state index >= 15 is 0 Å². The minimum absolute atomic E-state index is 0.198. The maximum Gasteiger partial charge on any atom is 0.250 e. The van der Waals surface area contributed by atoms with Crippen LogP contribution in [0.4, 0.5) is 0 Å². The zero-order valence-electron chi connectivity index (χ0n) is 15.0. The Balaban J connectivity index is 1.94. The van der Waals surface area contributed by atoms with Gasteiger partial charge in [-0.05, 0) is 54.4 Å².